The molecule has 2 nitrogen and oxygen atoms in total. The number of hydrogen-bond donors (Lipinski definition) is 0. The van der Waals surface area contributed by atoms with Gasteiger partial charge in [0.05, 0.1) is 5.56 Å². The molecule has 0 aliphatic carbocycles. The van der Waals surface area contributed by atoms with E-state index in [2.05, 4.69) is 23.2 Å². The van der Waals surface area contributed by atoms with Crippen molar-refractivity contribution in [1.82, 2.24) is 4.98 Å². The first-order valence-corrected chi connectivity index (χ1v) is 9.60. The molecule has 0 saturated heterocycles. The summed E-state index contributed by atoms with van der Waals surface area (Å²) in [6.45, 7) is 2.04. The molecule has 0 unspecified atom stereocenters. The fourth-order valence-corrected chi connectivity index (χ4v) is 3.49. The van der Waals surface area contributed by atoms with Crippen LogP contribution < -0.4 is 0 Å². The molecular formula is C26H19F2NO. The van der Waals surface area contributed by atoms with Gasteiger partial charge in [-0.25, -0.2) is 8.78 Å². The monoisotopic (exact) mass is 399 g/mol. The number of benzene rings is 3. The number of halogens is 2. The summed E-state index contributed by atoms with van der Waals surface area (Å²) in [4.78, 5) is 16.6. The van der Waals surface area contributed by atoms with E-state index >= 15 is 0 Å². The molecule has 4 aromatic rings. The summed E-state index contributed by atoms with van der Waals surface area (Å²) in [6, 6.07) is 21.1. The fourth-order valence-electron chi connectivity index (χ4n) is 3.49. The lowest BCUT2D eigenvalue weighted by Gasteiger charge is -2.11. The number of rotatable bonds is 5. The van der Waals surface area contributed by atoms with Gasteiger partial charge in [0.1, 0.15) is 11.6 Å². The summed E-state index contributed by atoms with van der Waals surface area (Å²) in [6.07, 6.45) is 3.50. The van der Waals surface area contributed by atoms with Gasteiger partial charge in [-0.15, -0.1) is 0 Å². The molecule has 0 aliphatic rings. The number of carbonyl (C=O) groups excluding carboxylic acids is 1. The number of aromatic nitrogens is 1. The zero-order chi connectivity index (χ0) is 21.1. The van der Waals surface area contributed by atoms with Crippen LogP contribution in [0.1, 0.15) is 21.5 Å². The topological polar surface area (TPSA) is 30.0 Å². The summed E-state index contributed by atoms with van der Waals surface area (Å²) in [7, 11) is 0. The number of pyridine rings is 1. The van der Waals surface area contributed by atoms with Gasteiger partial charge in [-0.05, 0) is 59.0 Å². The molecule has 4 rings (SSSR count). The molecule has 3 aromatic carbocycles. The molecule has 1 heterocycles. The molecule has 1 aromatic heterocycles. The van der Waals surface area contributed by atoms with Gasteiger partial charge in [0, 0.05) is 24.4 Å². The van der Waals surface area contributed by atoms with Crippen LogP contribution in [-0.4, -0.2) is 10.8 Å². The Morgan fingerprint density at radius 2 is 1.53 bits per heavy atom. The molecule has 4 heteroatoms. The van der Waals surface area contributed by atoms with E-state index < -0.39 is 23.0 Å². The van der Waals surface area contributed by atoms with Crippen molar-refractivity contribution in [2.24, 2.45) is 0 Å². The molecule has 0 N–H and O–H groups in total. The number of carbonyl (C=O) groups is 1. The van der Waals surface area contributed by atoms with Gasteiger partial charge in [0.25, 0.3) is 0 Å². The molecule has 0 amide bonds. The van der Waals surface area contributed by atoms with Gasteiger partial charge in [0.15, 0.2) is 5.78 Å². The Morgan fingerprint density at radius 3 is 2.20 bits per heavy atom. The second-order valence-electron chi connectivity index (χ2n) is 7.16. The molecule has 0 atom stereocenters. The molecule has 0 bridgehead atoms. The van der Waals surface area contributed by atoms with Crippen LogP contribution in [0.2, 0.25) is 0 Å². The molecule has 30 heavy (non-hydrogen) atoms. The van der Waals surface area contributed by atoms with Crippen LogP contribution in [0.4, 0.5) is 8.78 Å². The summed E-state index contributed by atoms with van der Waals surface area (Å²) in [5.41, 5.74) is 5.53. The van der Waals surface area contributed by atoms with E-state index in [4.69, 9.17) is 0 Å². The van der Waals surface area contributed by atoms with Crippen molar-refractivity contribution in [2.45, 2.75) is 13.3 Å². The Balaban J connectivity index is 1.59. The molecule has 0 fully saturated rings. The van der Waals surface area contributed by atoms with E-state index in [0.717, 1.165) is 39.9 Å². The van der Waals surface area contributed by atoms with Crippen LogP contribution in [0.3, 0.4) is 0 Å². The average molecular weight is 399 g/mol. The van der Waals surface area contributed by atoms with E-state index in [0.29, 0.717) is 5.56 Å². The molecular weight excluding hydrogens is 380 g/mol. The van der Waals surface area contributed by atoms with E-state index in [9.17, 15) is 13.6 Å². The van der Waals surface area contributed by atoms with Gasteiger partial charge in [-0.1, -0.05) is 48.5 Å². The highest BCUT2D eigenvalue weighted by molar-refractivity contribution is 5.98. The van der Waals surface area contributed by atoms with Crippen molar-refractivity contribution in [3.63, 3.8) is 0 Å². The summed E-state index contributed by atoms with van der Waals surface area (Å²) in [5, 5.41) is 0. The van der Waals surface area contributed by atoms with Crippen LogP contribution in [-0.2, 0) is 6.42 Å². The lowest BCUT2D eigenvalue weighted by molar-refractivity contribution is 0.0985. The van der Waals surface area contributed by atoms with Crippen molar-refractivity contribution in [3.05, 3.63) is 114 Å². The molecule has 148 valence electrons. The highest BCUT2D eigenvalue weighted by Crippen LogP contribution is 2.29. The maximum atomic E-state index is 13.8. The predicted octanol–water partition coefficient (Wildman–Crippen LogP) is 6.43. The third-order valence-electron chi connectivity index (χ3n) is 5.10. The maximum absolute atomic E-state index is 13.8. The largest absolute Gasteiger partial charge is 0.294 e. The molecule has 0 aliphatic heterocycles. The maximum Gasteiger partial charge on any atom is 0.173 e. The summed E-state index contributed by atoms with van der Waals surface area (Å²) in [5.74, 6) is -2.24. The minimum atomic E-state index is -0.834. The zero-order valence-corrected chi connectivity index (χ0v) is 16.4. The number of hydrogen-bond acceptors (Lipinski definition) is 2. The minimum absolute atomic E-state index is 0.0627. The molecule has 0 radical (unpaired) electrons. The first-order valence-electron chi connectivity index (χ1n) is 9.60. The first kappa shape index (κ1) is 19.6. The predicted molar refractivity (Wildman–Crippen MR) is 114 cm³/mol. The SMILES string of the molecule is Cc1ccc(-c2cccnc2)cc1-c1ccc(CC(=O)c2c(F)cccc2F)cc1. The van der Waals surface area contributed by atoms with Crippen LogP contribution in [0.5, 0.6) is 0 Å². The van der Waals surface area contributed by atoms with Crippen molar-refractivity contribution in [2.75, 3.05) is 0 Å². The lowest BCUT2D eigenvalue weighted by Crippen LogP contribution is -2.09. The van der Waals surface area contributed by atoms with Gasteiger partial charge in [-0.3, -0.25) is 9.78 Å². The van der Waals surface area contributed by atoms with Crippen LogP contribution >= 0.6 is 0 Å². The van der Waals surface area contributed by atoms with Crippen LogP contribution in [0, 0.1) is 18.6 Å². The van der Waals surface area contributed by atoms with Crippen LogP contribution in [0.15, 0.2) is 85.2 Å². The Bertz CT molecular complexity index is 1180. The quantitative estimate of drug-likeness (QED) is 0.362. The number of nitrogens with zero attached hydrogens (tertiary/aromatic N) is 1. The van der Waals surface area contributed by atoms with Gasteiger partial charge in [-0.2, -0.15) is 0 Å². The van der Waals surface area contributed by atoms with Gasteiger partial charge < -0.3 is 0 Å². The number of ketones is 1. The number of aryl methyl sites for hydroxylation is 1. The van der Waals surface area contributed by atoms with Gasteiger partial charge in [0.2, 0.25) is 0 Å². The van der Waals surface area contributed by atoms with E-state index in [1.807, 2.05) is 49.5 Å². The van der Waals surface area contributed by atoms with Crippen molar-refractivity contribution in [1.29, 1.82) is 0 Å². The second kappa shape index (κ2) is 8.37. The lowest BCUT2D eigenvalue weighted by atomic mass is 9.94. The van der Waals surface area contributed by atoms with Crippen molar-refractivity contribution in [3.8, 4) is 22.3 Å². The van der Waals surface area contributed by atoms with E-state index in [1.165, 1.54) is 6.07 Å². The van der Waals surface area contributed by atoms with E-state index in [1.54, 1.807) is 6.20 Å². The average Bonchev–Trinajstić information content (AvgIpc) is 2.75. The van der Waals surface area contributed by atoms with Crippen molar-refractivity contribution >= 4 is 5.78 Å². The Labute approximate surface area is 173 Å². The highest BCUT2D eigenvalue weighted by atomic mass is 19.1. The third-order valence-corrected chi connectivity index (χ3v) is 5.10. The number of Topliss-reactive ketones (excluding diaryl/α,β-unsaturated/α-hetero) is 1. The Kier molecular flexibility index (Phi) is 5.48. The molecule has 0 saturated carbocycles. The highest BCUT2D eigenvalue weighted by Gasteiger charge is 2.17. The Morgan fingerprint density at radius 1 is 0.833 bits per heavy atom. The minimum Gasteiger partial charge on any atom is -0.294 e. The van der Waals surface area contributed by atoms with Gasteiger partial charge >= 0.3 is 0 Å². The third kappa shape index (κ3) is 4.03. The smallest absolute Gasteiger partial charge is 0.173 e. The van der Waals surface area contributed by atoms with E-state index in [-0.39, 0.29) is 6.42 Å². The Hall–Kier alpha value is -3.66. The van der Waals surface area contributed by atoms with Crippen molar-refractivity contribution < 1.29 is 13.6 Å². The normalized spacial score (nSPS) is 10.8. The standard InChI is InChI=1S/C26H19F2NO/c1-17-7-10-20(21-4-3-13-29-16-21)15-22(17)19-11-8-18(9-12-19)14-25(30)26-23(27)5-2-6-24(26)28/h2-13,15-16H,14H2,1H3. The fraction of sp³-hybridized carbons (Fsp3) is 0.0769. The molecule has 0 spiro atoms. The summed E-state index contributed by atoms with van der Waals surface area (Å²) >= 11 is 0. The zero-order valence-electron chi connectivity index (χ0n) is 16.4. The summed E-state index contributed by atoms with van der Waals surface area (Å²) < 4.78 is 27.7. The second-order valence-corrected chi connectivity index (χ2v) is 7.16. The first-order chi connectivity index (χ1) is 14.5. The van der Waals surface area contributed by atoms with Crippen LogP contribution in [0.25, 0.3) is 22.3 Å².